The standard InChI is InChI=1S/C13H14N2O2/c1-10(16)11-2-4-12(5-3-11)15-6-7-17-9-13(15)8-14/h2-5,13H,6-7,9H2,1H3. The third-order valence-electron chi connectivity index (χ3n) is 2.88. The number of benzene rings is 1. The third-order valence-corrected chi connectivity index (χ3v) is 2.88. The van der Waals surface area contributed by atoms with Crippen molar-refractivity contribution in [1.29, 1.82) is 5.26 Å². The molecule has 1 saturated heterocycles. The number of carbonyl (C=O) groups excluding carboxylic acids is 1. The number of morpholine rings is 1. The van der Waals surface area contributed by atoms with Crippen LogP contribution in [0.2, 0.25) is 0 Å². The predicted octanol–water partition coefficient (Wildman–Crippen LogP) is 1.62. The van der Waals surface area contributed by atoms with Crippen molar-refractivity contribution in [2.75, 3.05) is 24.7 Å². The van der Waals surface area contributed by atoms with Crippen LogP contribution in [0.1, 0.15) is 17.3 Å². The van der Waals surface area contributed by atoms with E-state index in [0.29, 0.717) is 25.3 Å². The smallest absolute Gasteiger partial charge is 0.159 e. The fourth-order valence-corrected chi connectivity index (χ4v) is 1.91. The molecule has 1 atom stereocenters. The zero-order chi connectivity index (χ0) is 12.3. The Morgan fingerprint density at radius 1 is 1.47 bits per heavy atom. The summed E-state index contributed by atoms with van der Waals surface area (Å²) in [4.78, 5) is 13.2. The van der Waals surface area contributed by atoms with Crippen molar-refractivity contribution in [2.45, 2.75) is 13.0 Å². The highest BCUT2D eigenvalue weighted by Gasteiger charge is 2.22. The zero-order valence-electron chi connectivity index (χ0n) is 9.72. The number of nitrogens with zero attached hydrogens (tertiary/aromatic N) is 2. The van der Waals surface area contributed by atoms with E-state index in [4.69, 9.17) is 10.00 Å². The van der Waals surface area contributed by atoms with Crippen molar-refractivity contribution in [3.63, 3.8) is 0 Å². The summed E-state index contributed by atoms with van der Waals surface area (Å²) in [5.74, 6) is 0.0513. The summed E-state index contributed by atoms with van der Waals surface area (Å²) in [7, 11) is 0. The maximum Gasteiger partial charge on any atom is 0.159 e. The Hall–Kier alpha value is -1.86. The lowest BCUT2D eigenvalue weighted by molar-refractivity contribution is 0.101. The van der Waals surface area contributed by atoms with Gasteiger partial charge in [0, 0.05) is 17.8 Å². The van der Waals surface area contributed by atoms with Crippen LogP contribution in [-0.2, 0) is 4.74 Å². The largest absolute Gasteiger partial charge is 0.376 e. The monoisotopic (exact) mass is 230 g/mol. The van der Waals surface area contributed by atoms with E-state index in [2.05, 4.69) is 6.07 Å². The van der Waals surface area contributed by atoms with Crippen LogP contribution < -0.4 is 4.90 Å². The van der Waals surface area contributed by atoms with Gasteiger partial charge in [0.25, 0.3) is 0 Å². The molecule has 0 N–H and O–H groups in total. The molecule has 0 aliphatic carbocycles. The fraction of sp³-hybridized carbons (Fsp3) is 0.385. The summed E-state index contributed by atoms with van der Waals surface area (Å²) in [6, 6.07) is 9.33. The van der Waals surface area contributed by atoms with Crippen LogP contribution in [0.5, 0.6) is 0 Å². The van der Waals surface area contributed by atoms with E-state index >= 15 is 0 Å². The highest BCUT2D eigenvalue weighted by atomic mass is 16.5. The van der Waals surface area contributed by atoms with Crippen LogP contribution in [0.3, 0.4) is 0 Å². The van der Waals surface area contributed by atoms with Crippen molar-refractivity contribution in [1.82, 2.24) is 0 Å². The molecule has 1 fully saturated rings. The first-order valence-electron chi connectivity index (χ1n) is 5.57. The molecule has 0 bridgehead atoms. The average molecular weight is 230 g/mol. The highest BCUT2D eigenvalue weighted by molar-refractivity contribution is 5.94. The van der Waals surface area contributed by atoms with E-state index < -0.39 is 0 Å². The van der Waals surface area contributed by atoms with Crippen LogP contribution in [-0.4, -0.2) is 31.6 Å². The molecule has 88 valence electrons. The average Bonchev–Trinajstić information content (AvgIpc) is 2.39. The van der Waals surface area contributed by atoms with Crippen molar-refractivity contribution >= 4 is 11.5 Å². The van der Waals surface area contributed by atoms with Crippen LogP contribution in [0, 0.1) is 11.3 Å². The number of ether oxygens (including phenoxy) is 1. The Labute approximate surface area is 100 Å². The second-order valence-electron chi connectivity index (χ2n) is 4.02. The van der Waals surface area contributed by atoms with Gasteiger partial charge >= 0.3 is 0 Å². The molecule has 0 saturated carbocycles. The van der Waals surface area contributed by atoms with Crippen LogP contribution >= 0.6 is 0 Å². The minimum atomic E-state index is -0.244. The molecule has 4 nitrogen and oxygen atoms in total. The Morgan fingerprint density at radius 2 is 2.18 bits per heavy atom. The second kappa shape index (κ2) is 4.98. The summed E-state index contributed by atoms with van der Waals surface area (Å²) in [6.45, 7) is 3.32. The summed E-state index contributed by atoms with van der Waals surface area (Å²) >= 11 is 0. The summed E-state index contributed by atoms with van der Waals surface area (Å²) in [5.41, 5.74) is 1.65. The van der Waals surface area contributed by atoms with Crippen molar-refractivity contribution in [3.05, 3.63) is 29.8 Å². The van der Waals surface area contributed by atoms with Crippen LogP contribution in [0.15, 0.2) is 24.3 Å². The molecule has 0 radical (unpaired) electrons. The van der Waals surface area contributed by atoms with Crippen LogP contribution in [0.25, 0.3) is 0 Å². The number of ketones is 1. The number of rotatable bonds is 2. The second-order valence-corrected chi connectivity index (χ2v) is 4.02. The summed E-state index contributed by atoms with van der Waals surface area (Å²) < 4.78 is 5.27. The maximum absolute atomic E-state index is 11.2. The molecule has 1 aromatic carbocycles. The van der Waals surface area contributed by atoms with E-state index in [1.54, 1.807) is 19.1 Å². The number of hydrogen-bond donors (Lipinski definition) is 0. The minimum absolute atomic E-state index is 0.0513. The van der Waals surface area contributed by atoms with Crippen LogP contribution in [0.4, 0.5) is 5.69 Å². The Kier molecular flexibility index (Phi) is 3.40. The molecule has 17 heavy (non-hydrogen) atoms. The Morgan fingerprint density at radius 3 is 2.76 bits per heavy atom. The zero-order valence-corrected chi connectivity index (χ0v) is 9.72. The van der Waals surface area contributed by atoms with E-state index in [0.717, 1.165) is 5.69 Å². The number of hydrogen-bond acceptors (Lipinski definition) is 4. The van der Waals surface area contributed by atoms with Crippen molar-refractivity contribution in [2.24, 2.45) is 0 Å². The van der Waals surface area contributed by atoms with E-state index in [1.165, 1.54) is 0 Å². The molecule has 1 aliphatic heterocycles. The Balaban J connectivity index is 2.21. The topological polar surface area (TPSA) is 53.3 Å². The predicted molar refractivity (Wildman–Crippen MR) is 64.0 cm³/mol. The first-order valence-corrected chi connectivity index (χ1v) is 5.57. The van der Waals surface area contributed by atoms with Crippen molar-refractivity contribution < 1.29 is 9.53 Å². The van der Waals surface area contributed by atoms with E-state index in [1.807, 2.05) is 17.0 Å². The fourth-order valence-electron chi connectivity index (χ4n) is 1.91. The molecule has 1 aliphatic rings. The van der Waals surface area contributed by atoms with Gasteiger partial charge in [-0.15, -0.1) is 0 Å². The SMILES string of the molecule is CC(=O)c1ccc(N2CCOCC2C#N)cc1. The van der Waals surface area contributed by atoms with Gasteiger partial charge in [-0.25, -0.2) is 0 Å². The molecule has 0 aromatic heterocycles. The van der Waals surface area contributed by atoms with Gasteiger partial charge in [-0.3, -0.25) is 4.79 Å². The van der Waals surface area contributed by atoms with Crippen molar-refractivity contribution in [3.8, 4) is 6.07 Å². The van der Waals surface area contributed by atoms with Gasteiger partial charge in [-0.1, -0.05) is 0 Å². The molecule has 1 heterocycles. The lowest BCUT2D eigenvalue weighted by Gasteiger charge is -2.33. The highest BCUT2D eigenvalue weighted by Crippen LogP contribution is 2.20. The number of anilines is 1. The van der Waals surface area contributed by atoms with Gasteiger partial charge in [0.15, 0.2) is 5.78 Å². The van der Waals surface area contributed by atoms with Gasteiger partial charge in [0.05, 0.1) is 19.3 Å². The van der Waals surface area contributed by atoms with Gasteiger partial charge in [0.1, 0.15) is 6.04 Å². The van der Waals surface area contributed by atoms with Gasteiger partial charge in [-0.05, 0) is 31.2 Å². The first kappa shape index (κ1) is 11.6. The number of carbonyl (C=O) groups is 1. The third kappa shape index (κ3) is 2.45. The van der Waals surface area contributed by atoms with E-state index in [9.17, 15) is 4.79 Å². The number of Topliss-reactive ketones (excluding diaryl/α,β-unsaturated/α-hetero) is 1. The molecule has 1 aromatic rings. The molecule has 0 amide bonds. The van der Waals surface area contributed by atoms with E-state index in [-0.39, 0.29) is 11.8 Å². The molecule has 2 rings (SSSR count). The molecule has 1 unspecified atom stereocenters. The molecular formula is C13H14N2O2. The lowest BCUT2D eigenvalue weighted by atomic mass is 10.1. The van der Waals surface area contributed by atoms with Gasteiger partial charge in [0.2, 0.25) is 0 Å². The quantitative estimate of drug-likeness (QED) is 0.724. The normalized spacial score (nSPS) is 19.8. The molecule has 4 heteroatoms. The van der Waals surface area contributed by atoms with Gasteiger partial charge in [-0.2, -0.15) is 5.26 Å². The summed E-state index contributed by atoms with van der Waals surface area (Å²) in [6.07, 6.45) is 0. The number of nitriles is 1. The molecular weight excluding hydrogens is 216 g/mol. The summed E-state index contributed by atoms with van der Waals surface area (Å²) in [5, 5.41) is 9.04. The van der Waals surface area contributed by atoms with Gasteiger partial charge < -0.3 is 9.64 Å². The molecule has 0 spiro atoms. The maximum atomic E-state index is 11.2. The minimum Gasteiger partial charge on any atom is -0.376 e. The lowest BCUT2D eigenvalue weighted by Crippen LogP contribution is -2.44. The first-order chi connectivity index (χ1) is 8.22. The Bertz CT molecular complexity index is 447.